The molecule has 8 rings (SSSR count). The molecule has 47 heavy (non-hydrogen) atoms. The fourth-order valence-corrected chi connectivity index (χ4v) is 6.58. The fraction of sp³-hybridized carbons (Fsp3) is 0. The van der Waals surface area contributed by atoms with Gasteiger partial charge in [-0.15, -0.1) is 0 Å². The van der Waals surface area contributed by atoms with Crippen LogP contribution in [-0.2, 0) is 0 Å². The summed E-state index contributed by atoms with van der Waals surface area (Å²) in [6, 6.07) is 71.9. The molecular weight excluding hydrogens is 567 g/mol. The Morgan fingerprint density at radius 3 is 1.34 bits per heavy atom. The van der Waals surface area contributed by atoms with Crippen LogP contribution < -0.4 is 4.90 Å². The lowest BCUT2D eigenvalue weighted by Crippen LogP contribution is -2.10. The molecule has 0 N–H and O–H groups in total. The molecule has 1 heteroatoms. The first kappa shape index (κ1) is 28.3. The van der Waals surface area contributed by atoms with Crippen molar-refractivity contribution in [3.63, 3.8) is 0 Å². The lowest BCUT2D eigenvalue weighted by molar-refractivity contribution is 1.29. The third-order valence-corrected chi connectivity index (χ3v) is 8.81. The van der Waals surface area contributed by atoms with Crippen molar-refractivity contribution in [3.05, 3.63) is 200 Å². The molecular formula is C46H33N. The zero-order valence-electron chi connectivity index (χ0n) is 26.0. The van der Waals surface area contributed by atoms with Gasteiger partial charge in [0.2, 0.25) is 0 Å². The van der Waals surface area contributed by atoms with Crippen LogP contribution in [0.25, 0.3) is 55.3 Å². The van der Waals surface area contributed by atoms with Gasteiger partial charge in [0.1, 0.15) is 0 Å². The van der Waals surface area contributed by atoms with Gasteiger partial charge < -0.3 is 4.90 Å². The number of rotatable bonds is 7. The van der Waals surface area contributed by atoms with E-state index in [1.807, 2.05) is 0 Å². The molecule has 0 aliphatic rings. The van der Waals surface area contributed by atoms with Crippen molar-refractivity contribution in [3.8, 4) is 44.5 Å². The number of hydrogen-bond donors (Lipinski definition) is 0. The van der Waals surface area contributed by atoms with Crippen LogP contribution in [0.2, 0.25) is 0 Å². The molecule has 0 fully saturated rings. The summed E-state index contributed by atoms with van der Waals surface area (Å²) in [4.78, 5) is 2.36. The van der Waals surface area contributed by atoms with Crippen LogP contribution in [0.3, 0.4) is 0 Å². The van der Waals surface area contributed by atoms with Crippen LogP contribution in [0.15, 0.2) is 200 Å². The van der Waals surface area contributed by atoms with Gasteiger partial charge >= 0.3 is 0 Å². The number of fused-ring (bicyclic) bond motifs is 1. The maximum atomic E-state index is 2.36. The second kappa shape index (κ2) is 12.7. The first-order valence-corrected chi connectivity index (χ1v) is 16.1. The molecule has 0 radical (unpaired) electrons. The maximum absolute atomic E-state index is 2.36. The van der Waals surface area contributed by atoms with Crippen molar-refractivity contribution in [1.82, 2.24) is 0 Å². The lowest BCUT2D eigenvalue weighted by Gasteiger charge is -2.27. The van der Waals surface area contributed by atoms with Crippen LogP contribution in [0.1, 0.15) is 0 Å². The minimum atomic E-state index is 1.11. The summed E-state index contributed by atoms with van der Waals surface area (Å²) < 4.78 is 0. The van der Waals surface area contributed by atoms with Crippen molar-refractivity contribution < 1.29 is 0 Å². The Balaban J connectivity index is 1.38. The second-order valence-corrected chi connectivity index (χ2v) is 11.8. The molecule has 0 aliphatic carbocycles. The molecule has 0 amide bonds. The molecule has 0 atom stereocenters. The molecule has 8 aromatic carbocycles. The molecule has 0 heterocycles. The predicted molar refractivity (Wildman–Crippen MR) is 200 cm³/mol. The largest absolute Gasteiger partial charge is 0.310 e. The Bertz CT molecular complexity index is 2210. The van der Waals surface area contributed by atoms with Gasteiger partial charge in [-0.25, -0.2) is 0 Å². The SMILES string of the molecule is c1ccc(-c2cc(-c3ccccc3)c(-c3cccc(N(c4ccccc4)c4ccc5ccccc5c4)c3)c(-c3ccccc3)c2)cc1. The molecule has 0 unspecified atom stereocenters. The summed E-state index contributed by atoms with van der Waals surface area (Å²) in [6.45, 7) is 0. The quantitative estimate of drug-likeness (QED) is 0.176. The van der Waals surface area contributed by atoms with Gasteiger partial charge in [-0.1, -0.05) is 152 Å². The Hall–Kier alpha value is -6.18. The predicted octanol–water partition coefficient (Wildman–Crippen LogP) is 13.0. The standard InChI is InChI=1S/C46H33N/c1-5-16-34(17-6-1)40-32-44(36-19-7-2-8-20-36)46(45(33-40)37-21-9-3-10-22-37)39-24-15-27-42(31-39)47(41-25-11-4-12-26-41)43-29-28-35-18-13-14-23-38(35)30-43/h1-33H. The second-order valence-electron chi connectivity index (χ2n) is 11.8. The molecule has 0 spiro atoms. The molecule has 1 nitrogen and oxygen atoms in total. The van der Waals surface area contributed by atoms with Crippen LogP contribution in [-0.4, -0.2) is 0 Å². The van der Waals surface area contributed by atoms with E-state index in [9.17, 15) is 0 Å². The number of anilines is 3. The van der Waals surface area contributed by atoms with Crippen LogP contribution in [0, 0.1) is 0 Å². The van der Waals surface area contributed by atoms with Crippen LogP contribution >= 0.6 is 0 Å². The highest BCUT2D eigenvalue weighted by atomic mass is 15.1. The van der Waals surface area contributed by atoms with Crippen molar-refractivity contribution in [2.45, 2.75) is 0 Å². The van der Waals surface area contributed by atoms with Gasteiger partial charge in [-0.05, 0) is 104 Å². The normalized spacial score (nSPS) is 11.0. The Morgan fingerprint density at radius 2 is 0.723 bits per heavy atom. The van der Waals surface area contributed by atoms with Crippen molar-refractivity contribution in [2.24, 2.45) is 0 Å². The highest BCUT2D eigenvalue weighted by Crippen LogP contribution is 2.45. The van der Waals surface area contributed by atoms with Crippen LogP contribution in [0.4, 0.5) is 17.1 Å². The van der Waals surface area contributed by atoms with E-state index in [2.05, 4.69) is 205 Å². The van der Waals surface area contributed by atoms with Gasteiger partial charge in [0.05, 0.1) is 0 Å². The Morgan fingerprint density at radius 1 is 0.255 bits per heavy atom. The minimum absolute atomic E-state index is 1.11. The number of nitrogens with zero attached hydrogens (tertiary/aromatic N) is 1. The summed E-state index contributed by atoms with van der Waals surface area (Å²) in [5, 5.41) is 2.45. The van der Waals surface area contributed by atoms with Gasteiger partial charge in [-0.3, -0.25) is 0 Å². The molecule has 0 saturated heterocycles. The van der Waals surface area contributed by atoms with E-state index in [-0.39, 0.29) is 0 Å². The summed E-state index contributed by atoms with van der Waals surface area (Å²) in [7, 11) is 0. The summed E-state index contributed by atoms with van der Waals surface area (Å²) >= 11 is 0. The molecule has 8 aromatic rings. The lowest BCUT2D eigenvalue weighted by atomic mass is 9.84. The van der Waals surface area contributed by atoms with E-state index >= 15 is 0 Å². The molecule has 222 valence electrons. The Kier molecular flexibility index (Phi) is 7.63. The van der Waals surface area contributed by atoms with Crippen molar-refractivity contribution in [1.29, 1.82) is 0 Å². The van der Waals surface area contributed by atoms with E-state index in [4.69, 9.17) is 0 Å². The smallest absolute Gasteiger partial charge is 0.0468 e. The van der Waals surface area contributed by atoms with E-state index in [1.165, 1.54) is 55.3 Å². The number of para-hydroxylation sites is 1. The summed E-state index contributed by atoms with van der Waals surface area (Å²) in [6.07, 6.45) is 0. The molecule has 0 bridgehead atoms. The zero-order chi connectivity index (χ0) is 31.4. The summed E-state index contributed by atoms with van der Waals surface area (Å²) in [5.74, 6) is 0. The van der Waals surface area contributed by atoms with Crippen molar-refractivity contribution in [2.75, 3.05) is 4.90 Å². The van der Waals surface area contributed by atoms with Gasteiger partial charge in [0, 0.05) is 17.1 Å². The Labute approximate surface area is 276 Å². The first-order valence-electron chi connectivity index (χ1n) is 16.1. The third-order valence-electron chi connectivity index (χ3n) is 8.81. The van der Waals surface area contributed by atoms with E-state index in [0.717, 1.165) is 17.1 Å². The maximum Gasteiger partial charge on any atom is 0.0468 e. The monoisotopic (exact) mass is 599 g/mol. The molecule has 0 saturated carbocycles. The highest BCUT2D eigenvalue weighted by molar-refractivity contribution is 5.99. The van der Waals surface area contributed by atoms with Gasteiger partial charge in [0.25, 0.3) is 0 Å². The minimum Gasteiger partial charge on any atom is -0.310 e. The van der Waals surface area contributed by atoms with E-state index < -0.39 is 0 Å². The zero-order valence-corrected chi connectivity index (χ0v) is 26.0. The topological polar surface area (TPSA) is 3.24 Å². The van der Waals surface area contributed by atoms with Gasteiger partial charge in [0.15, 0.2) is 0 Å². The fourth-order valence-electron chi connectivity index (χ4n) is 6.58. The summed E-state index contributed by atoms with van der Waals surface area (Å²) in [5.41, 5.74) is 12.9. The third kappa shape index (κ3) is 5.72. The molecule has 0 aromatic heterocycles. The number of hydrogen-bond acceptors (Lipinski definition) is 1. The average molecular weight is 600 g/mol. The van der Waals surface area contributed by atoms with E-state index in [0.29, 0.717) is 0 Å². The average Bonchev–Trinajstić information content (AvgIpc) is 3.16. The van der Waals surface area contributed by atoms with Crippen LogP contribution in [0.5, 0.6) is 0 Å². The first-order chi connectivity index (χ1) is 23.3. The van der Waals surface area contributed by atoms with E-state index in [1.54, 1.807) is 0 Å². The highest BCUT2D eigenvalue weighted by Gasteiger charge is 2.19. The van der Waals surface area contributed by atoms with Gasteiger partial charge in [-0.2, -0.15) is 0 Å². The number of benzene rings is 8. The van der Waals surface area contributed by atoms with Crippen molar-refractivity contribution >= 4 is 27.8 Å². The molecule has 0 aliphatic heterocycles.